The Labute approximate surface area is 155 Å². The van der Waals surface area contributed by atoms with Crippen LogP contribution in [0.4, 0.5) is 0 Å². The molecule has 1 aliphatic carbocycles. The van der Waals surface area contributed by atoms with Gasteiger partial charge in [-0.15, -0.1) is 0 Å². The Bertz CT molecular complexity index is 625. The lowest BCUT2D eigenvalue weighted by Crippen LogP contribution is -2.38. The lowest BCUT2D eigenvalue weighted by molar-refractivity contribution is -0.153. The fraction of sp³-hybridized carbons (Fsp3) is 0.650. The first kappa shape index (κ1) is 19.0. The summed E-state index contributed by atoms with van der Waals surface area (Å²) in [5, 5.41) is 2.92. The van der Waals surface area contributed by atoms with Crippen LogP contribution in [0, 0.1) is 0 Å². The maximum absolute atomic E-state index is 12.2. The third-order valence-corrected chi connectivity index (χ3v) is 4.84. The molecule has 1 N–H and O–H groups in total. The van der Waals surface area contributed by atoms with Gasteiger partial charge >= 0.3 is 0 Å². The molecule has 144 valence electrons. The molecule has 1 aromatic carbocycles. The van der Waals surface area contributed by atoms with Crippen LogP contribution in [-0.2, 0) is 20.7 Å². The Morgan fingerprint density at radius 1 is 1.27 bits per heavy atom. The van der Waals surface area contributed by atoms with Crippen LogP contribution in [0.3, 0.4) is 0 Å². The van der Waals surface area contributed by atoms with E-state index in [4.69, 9.17) is 18.9 Å². The maximum atomic E-state index is 12.2. The summed E-state index contributed by atoms with van der Waals surface area (Å²) in [4.78, 5) is 12.2. The second-order valence-corrected chi connectivity index (χ2v) is 7.37. The lowest BCUT2D eigenvalue weighted by atomic mass is 10.1. The summed E-state index contributed by atoms with van der Waals surface area (Å²) >= 11 is 0. The molecular weight excluding hydrogens is 334 g/mol. The first-order chi connectivity index (χ1) is 12.5. The number of carbonyl (C=O) groups excluding carboxylic acids is 1. The van der Waals surface area contributed by atoms with E-state index in [2.05, 4.69) is 5.32 Å². The summed E-state index contributed by atoms with van der Waals surface area (Å²) < 4.78 is 22.5. The van der Waals surface area contributed by atoms with E-state index < -0.39 is 11.9 Å². The number of benzene rings is 1. The molecule has 6 nitrogen and oxygen atoms in total. The second-order valence-electron chi connectivity index (χ2n) is 7.37. The number of rotatable bonds is 7. The Balaban J connectivity index is 1.52. The predicted molar refractivity (Wildman–Crippen MR) is 97.5 cm³/mol. The maximum Gasteiger partial charge on any atom is 0.251 e. The molecule has 1 saturated carbocycles. The zero-order chi connectivity index (χ0) is 18.6. The average Bonchev–Trinajstić information content (AvgIpc) is 3.24. The molecule has 3 rings (SSSR count). The summed E-state index contributed by atoms with van der Waals surface area (Å²) in [6.45, 7) is 4.45. The molecule has 1 amide bonds. The largest absolute Gasteiger partial charge is 0.493 e. The van der Waals surface area contributed by atoms with Gasteiger partial charge in [-0.3, -0.25) is 4.79 Å². The highest BCUT2D eigenvalue weighted by Gasteiger charge is 2.36. The molecule has 0 radical (unpaired) electrons. The number of hydrogen-bond acceptors (Lipinski definition) is 5. The third kappa shape index (κ3) is 4.89. The summed E-state index contributed by atoms with van der Waals surface area (Å²) in [6, 6.07) is 5.95. The van der Waals surface area contributed by atoms with Crippen LogP contribution in [0.5, 0.6) is 11.5 Å². The van der Waals surface area contributed by atoms with Crippen LogP contribution >= 0.6 is 0 Å². The topological polar surface area (TPSA) is 66.0 Å². The SMILES string of the molecule is COc1ccc(CCNC(=O)[C@H]2COC(C)(C)O2)cc1OC1CCCC1. The molecule has 0 unspecified atom stereocenters. The minimum Gasteiger partial charge on any atom is -0.493 e. The number of nitrogens with one attached hydrogen (secondary N) is 1. The lowest BCUT2D eigenvalue weighted by Gasteiger charge is -2.17. The highest BCUT2D eigenvalue weighted by Crippen LogP contribution is 2.32. The van der Waals surface area contributed by atoms with Crippen LogP contribution < -0.4 is 14.8 Å². The fourth-order valence-electron chi connectivity index (χ4n) is 3.41. The summed E-state index contributed by atoms with van der Waals surface area (Å²) in [6.07, 6.45) is 5.11. The molecule has 26 heavy (non-hydrogen) atoms. The van der Waals surface area contributed by atoms with Crippen LogP contribution in [-0.4, -0.2) is 44.2 Å². The van der Waals surface area contributed by atoms with Crippen LogP contribution in [0.1, 0.15) is 45.1 Å². The predicted octanol–water partition coefficient (Wildman–Crippen LogP) is 2.83. The normalized spacial score (nSPS) is 22.3. The van der Waals surface area contributed by atoms with Crippen molar-refractivity contribution in [2.45, 2.75) is 63.9 Å². The Kier molecular flexibility index (Phi) is 6.04. The molecule has 1 atom stereocenters. The van der Waals surface area contributed by atoms with Crippen molar-refractivity contribution in [1.29, 1.82) is 0 Å². The molecule has 1 heterocycles. The van der Waals surface area contributed by atoms with E-state index in [1.807, 2.05) is 32.0 Å². The van der Waals surface area contributed by atoms with Gasteiger partial charge in [0.2, 0.25) is 0 Å². The zero-order valence-electron chi connectivity index (χ0n) is 15.9. The van der Waals surface area contributed by atoms with E-state index in [-0.39, 0.29) is 12.0 Å². The van der Waals surface area contributed by atoms with Gasteiger partial charge < -0.3 is 24.3 Å². The van der Waals surface area contributed by atoms with Crippen molar-refractivity contribution in [3.63, 3.8) is 0 Å². The van der Waals surface area contributed by atoms with Gasteiger partial charge in [-0.25, -0.2) is 0 Å². The Hall–Kier alpha value is -1.79. The molecule has 1 aliphatic heterocycles. The standard InChI is InChI=1S/C20H29NO5/c1-20(2)24-13-18(26-20)19(22)21-11-10-14-8-9-16(23-3)17(12-14)25-15-6-4-5-7-15/h8-9,12,15,18H,4-7,10-11,13H2,1-3H3,(H,21,22)/t18-/m1/s1. The van der Waals surface area contributed by atoms with Gasteiger partial charge in [0, 0.05) is 6.54 Å². The monoisotopic (exact) mass is 363 g/mol. The van der Waals surface area contributed by atoms with Gasteiger partial charge in [0.1, 0.15) is 0 Å². The van der Waals surface area contributed by atoms with Gasteiger partial charge in [-0.2, -0.15) is 0 Å². The first-order valence-corrected chi connectivity index (χ1v) is 9.40. The third-order valence-electron chi connectivity index (χ3n) is 4.84. The van der Waals surface area contributed by atoms with Crippen molar-refractivity contribution < 1.29 is 23.7 Å². The number of hydrogen-bond donors (Lipinski definition) is 1. The van der Waals surface area contributed by atoms with E-state index in [0.717, 1.165) is 29.9 Å². The fourth-order valence-corrected chi connectivity index (χ4v) is 3.41. The molecule has 0 aromatic heterocycles. The molecule has 1 aromatic rings. The number of methoxy groups -OCH3 is 1. The Morgan fingerprint density at radius 2 is 2.04 bits per heavy atom. The van der Waals surface area contributed by atoms with E-state index in [1.165, 1.54) is 12.8 Å². The number of ether oxygens (including phenoxy) is 4. The van der Waals surface area contributed by atoms with Crippen LogP contribution in [0.15, 0.2) is 18.2 Å². The number of carbonyl (C=O) groups is 1. The molecule has 0 spiro atoms. The van der Waals surface area contributed by atoms with Crippen molar-refractivity contribution >= 4 is 5.91 Å². The highest BCUT2D eigenvalue weighted by atomic mass is 16.7. The zero-order valence-corrected chi connectivity index (χ0v) is 15.9. The smallest absolute Gasteiger partial charge is 0.251 e. The van der Waals surface area contributed by atoms with E-state index in [0.29, 0.717) is 19.6 Å². The summed E-state index contributed by atoms with van der Waals surface area (Å²) in [7, 11) is 1.65. The summed E-state index contributed by atoms with van der Waals surface area (Å²) in [5.41, 5.74) is 1.10. The van der Waals surface area contributed by atoms with E-state index in [1.54, 1.807) is 7.11 Å². The van der Waals surface area contributed by atoms with Gasteiger partial charge in [-0.05, 0) is 63.6 Å². The van der Waals surface area contributed by atoms with Crippen molar-refractivity contribution in [2.24, 2.45) is 0 Å². The van der Waals surface area contributed by atoms with Crippen molar-refractivity contribution in [3.8, 4) is 11.5 Å². The molecule has 1 saturated heterocycles. The highest BCUT2D eigenvalue weighted by molar-refractivity contribution is 5.81. The van der Waals surface area contributed by atoms with Crippen molar-refractivity contribution in [1.82, 2.24) is 5.32 Å². The van der Waals surface area contributed by atoms with Crippen LogP contribution in [0.2, 0.25) is 0 Å². The molecule has 2 fully saturated rings. The minimum absolute atomic E-state index is 0.133. The molecular formula is C20H29NO5. The van der Waals surface area contributed by atoms with E-state index >= 15 is 0 Å². The number of amides is 1. The van der Waals surface area contributed by atoms with Crippen LogP contribution in [0.25, 0.3) is 0 Å². The van der Waals surface area contributed by atoms with Gasteiger partial charge in [0.15, 0.2) is 23.4 Å². The Morgan fingerprint density at radius 3 is 2.69 bits per heavy atom. The molecule has 0 bridgehead atoms. The van der Waals surface area contributed by atoms with Gasteiger partial charge in [0.25, 0.3) is 5.91 Å². The molecule has 6 heteroatoms. The quantitative estimate of drug-likeness (QED) is 0.807. The summed E-state index contributed by atoms with van der Waals surface area (Å²) in [5.74, 6) is 0.720. The van der Waals surface area contributed by atoms with Gasteiger partial charge in [-0.1, -0.05) is 6.07 Å². The average molecular weight is 363 g/mol. The van der Waals surface area contributed by atoms with Gasteiger partial charge in [0.05, 0.1) is 19.8 Å². The second kappa shape index (κ2) is 8.27. The molecule has 2 aliphatic rings. The minimum atomic E-state index is -0.690. The van der Waals surface area contributed by atoms with Crippen molar-refractivity contribution in [2.75, 3.05) is 20.3 Å². The van der Waals surface area contributed by atoms with E-state index in [9.17, 15) is 4.79 Å². The van der Waals surface area contributed by atoms with Crippen molar-refractivity contribution in [3.05, 3.63) is 23.8 Å². The first-order valence-electron chi connectivity index (χ1n) is 9.40.